The molecule has 4 aromatic carbocycles. The first-order chi connectivity index (χ1) is 20.2. The van der Waals surface area contributed by atoms with E-state index in [1.807, 2.05) is 36.4 Å². The van der Waals surface area contributed by atoms with Gasteiger partial charge in [-0.25, -0.2) is 4.79 Å². The highest BCUT2D eigenvalue weighted by Gasteiger charge is 2.33. The van der Waals surface area contributed by atoms with Gasteiger partial charge in [-0.15, -0.1) is 0 Å². The van der Waals surface area contributed by atoms with Crippen LogP contribution in [0.15, 0.2) is 97.2 Å². The fourth-order valence-electron chi connectivity index (χ4n) is 4.58. The van der Waals surface area contributed by atoms with Crippen molar-refractivity contribution in [3.05, 3.63) is 124 Å². The first-order valence-corrected chi connectivity index (χ1v) is 13.3. The van der Waals surface area contributed by atoms with E-state index in [1.165, 1.54) is 19.4 Å². The van der Waals surface area contributed by atoms with Crippen LogP contribution in [0.25, 0.3) is 22.0 Å². The van der Waals surface area contributed by atoms with Crippen LogP contribution in [0.5, 0.6) is 11.5 Å². The number of para-hydroxylation sites is 1. The standard InChI is InChI=1S/C33H25ClF3NO4/c1-40-30(39)20-42-26-14-10-22(11-15-26)19-41-27-5-2-4-23(17-27)31-24(16-21-8-12-25(34)13-9-21)18-38-32-28(31)6-3-7-29(32)33(35,36)37/h2-15,17-18H,16,19-20H2,1H3. The molecule has 0 radical (unpaired) electrons. The molecule has 0 aliphatic carbocycles. The summed E-state index contributed by atoms with van der Waals surface area (Å²) in [5, 5.41) is 0.995. The van der Waals surface area contributed by atoms with E-state index in [2.05, 4.69) is 9.72 Å². The number of rotatable bonds is 9. The zero-order valence-electron chi connectivity index (χ0n) is 22.5. The van der Waals surface area contributed by atoms with Crippen molar-refractivity contribution < 1.29 is 32.2 Å². The summed E-state index contributed by atoms with van der Waals surface area (Å²) in [5.41, 5.74) is 3.03. The van der Waals surface area contributed by atoms with Gasteiger partial charge in [0.15, 0.2) is 6.61 Å². The van der Waals surface area contributed by atoms with Crippen LogP contribution in [-0.2, 0) is 28.7 Å². The van der Waals surface area contributed by atoms with Crippen molar-refractivity contribution in [3.8, 4) is 22.6 Å². The Morgan fingerprint density at radius 1 is 0.857 bits per heavy atom. The largest absolute Gasteiger partial charge is 0.489 e. The SMILES string of the molecule is COC(=O)COc1ccc(COc2cccc(-c3c(Cc4ccc(Cl)cc4)cnc4c(C(F)(F)F)cccc34)c2)cc1. The Morgan fingerprint density at radius 2 is 1.57 bits per heavy atom. The lowest BCUT2D eigenvalue weighted by Gasteiger charge is -2.17. The number of halogens is 4. The summed E-state index contributed by atoms with van der Waals surface area (Å²) in [6, 6.07) is 25.8. The monoisotopic (exact) mass is 591 g/mol. The van der Waals surface area contributed by atoms with Gasteiger partial charge in [0.1, 0.15) is 18.1 Å². The molecule has 214 valence electrons. The molecule has 0 aliphatic rings. The second-order valence-electron chi connectivity index (χ2n) is 9.49. The van der Waals surface area contributed by atoms with Crippen molar-refractivity contribution >= 4 is 28.5 Å². The van der Waals surface area contributed by atoms with Gasteiger partial charge in [-0.05, 0) is 76.7 Å². The Morgan fingerprint density at radius 3 is 2.29 bits per heavy atom. The molecule has 0 aliphatic heterocycles. The Kier molecular flexibility index (Phi) is 8.64. The normalized spacial score (nSPS) is 11.4. The maximum absolute atomic E-state index is 13.9. The van der Waals surface area contributed by atoms with Crippen LogP contribution in [0, 0.1) is 0 Å². The molecule has 0 spiro atoms. The fraction of sp³-hybridized carbons (Fsp3) is 0.152. The predicted molar refractivity (Wildman–Crippen MR) is 155 cm³/mol. The van der Waals surface area contributed by atoms with E-state index in [0.717, 1.165) is 22.8 Å². The molecule has 0 saturated heterocycles. The number of benzene rings is 4. The number of nitrogens with zero attached hydrogens (tertiary/aromatic N) is 1. The van der Waals surface area contributed by atoms with Crippen LogP contribution in [0.2, 0.25) is 5.02 Å². The molecule has 1 heterocycles. The van der Waals surface area contributed by atoms with Gasteiger partial charge in [-0.3, -0.25) is 4.98 Å². The molecule has 1 aromatic heterocycles. The minimum Gasteiger partial charge on any atom is -0.489 e. The summed E-state index contributed by atoms with van der Waals surface area (Å²) in [7, 11) is 1.29. The molecule has 0 bridgehead atoms. The first-order valence-electron chi connectivity index (χ1n) is 13.0. The number of ether oxygens (including phenoxy) is 3. The summed E-state index contributed by atoms with van der Waals surface area (Å²) in [5.74, 6) is 0.588. The summed E-state index contributed by atoms with van der Waals surface area (Å²) in [6.45, 7) is 0.0565. The van der Waals surface area contributed by atoms with Gasteiger partial charge in [0.25, 0.3) is 0 Å². The summed E-state index contributed by atoms with van der Waals surface area (Å²) in [6.07, 6.45) is -2.59. The molecule has 5 rings (SSSR count). The van der Waals surface area contributed by atoms with Crippen molar-refractivity contribution in [1.82, 2.24) is 4.98 Å². The lowest BCUT2D eigenvalue weighted by molar-refractivity contribution is -0.143. The zero-order valence-corrected chi connectivity index (χ0v) is 23.2. The van der Waals surface area contributed by atoms with Gasteiger partial charge in [0.05, 0.1) is 18.2 Å². The number of hydrogen-bond acceptors (Lipinski definition) is 5. The van der Waals surface area contributed by atoms with Crippen molar-refractivity contribution in [2.24, 2.45) is 0 Å². The number of carbonyl (C=O) groups excluding carboxylic acids is 1. The molecule has 0 atom stereocenters. The smallest absolute Gasteiger partial charge is 0.418 e. The van der Waals surface area contributed by atoms with Crippen molar-refractivity contribution in [3.63, 3.8) is 0 Å². The second kappa shape index (κ2) is 12.5. The van der Waals surface area contributed by atoms with Gasteiger partial charge >= 0.3 is 12.1 Å². The molecule has 42 heavy (non-hydrogen) atoms. The molecular formula is C33H25ClF3NO4. The molecule has 0 amide bonds. The Labute approximate surface area is 245 Å². The van der Waals surface area contributed by atoms with Crippen LogP contribution < -0.4 is 9.47 Å². The highest BCUT2D eigenvalue weighted by atomic mass is 35.5. The average Bonchev–Trinajstić information content (AvgIpc) is 2.99. The summed E-state index contributed by atoms with van der Waals surface area (Å²) < 4.78 is 57.6. The zero-order chi connectivity index (χ0) is 29.7. The number of methoxy groups -OCH3 is 1. The van der Waals surface area contributed by atoms with Crippen LogP contribution in [0.1, 0.15) is 22.3 Å². The molecule has 0 unspecified atom stereocenters. The average molecular weight is 592 g/mol. The topological polar surface area (TPSA) is 57.7 Å². The van der Waals surface area contributed by atoms with Crippen LogP contribution in [0.4, 0.5) is 13.2 Å². The first kappa shape index (κ1) is 29.0. The highest BCUT2D eigenvalue weighted by Crippen LogP contribution is 2.39. The summed E-state index contributed by atoms with van der Waals surface area (Å²) >= 11 is 6.05. The predicted octanol–water partition coefficient (Wildman–Crippen LogP) is 8.30. The Bertz CT molecular complexity index is 1700. The van der Waals surface area contributed by atoms with E-state index in [-0.39, 0.29) is 18.7 Å². The van der Waals surface area contributed by atoms with E-state index >= 15 is 0 Å². The summed E-state index contributed by atoms with van der Waals surface area (Å²) in [4.78, 5) is 15.5. The van der Waals surface area contributed by atoms with Crippen molar-refractivity contribution in [2.45, 2.75) is 19.2 Å². The molecule has 9 heteroatoms. The third-order valence-corrected chi connectivity index (χ3v) is 6.88. The van der Waals surface area contributed by atoms with Gasteiger partial charge in [0.2, 0.25) is 0 Å². The molecule has 0 N–H and O–H groups in total. The molecule has 5 aromatic rings. The quantitative estimate of drug-likeness (QED) is 0.161. The minimum absolute atomic E-state index is 0.110. The van der Waals surface area contributed by atoms with Gasteiger partial charge < -0.3 is 14.2 Å². The van der Waals surface area contributed by atoms with Crippen LogP contribution in [-0.4, -0.2) is 24.7 Å². The number of hydrogen-bond donors (Lipinski definition) is 0. The lowest BCUT2D eigenvalue weighted by Crippen LogP contribution is -2.12. The van der Waals surface area contributed by atoms with E-state index in [1.54, 1.807) is 42.5 Å². The maximum Gasteiger partial charge on any atom is 0.418 e. The number of aromatic nitrogens is 1. The minimum atomic E-state index is -4.55. The van der Waals surface area contributed by atoms with Crippen LogP contribution in [0.3, 0.4) is 0 Å². The van der Waals surface area contributed by atoms with Crippen molar-refractivity contribution in [2.75, 3.05) is 13.7 Å². The third-order valence-electron chi connectivity index (χ3n) is 6.63. The van der Waals surface area contributed by atoms with E-state index in [0.29, 0.717) is 39.5 Å². The van der Waals surface area contributed by atoms with Gasteiger partial charge in [0, 0.05) is 16.6 Å². The van der Waals surface area contributed by atoms with E-state index in [4.69, 9.17) is 21.1 Å². The molecule has 0 fully saturated rings. The number of pyridine rings is 1. The number of carbonyl (C=O) groups is 1. The lowest BCUT2D eigenvalue weighted by atomic mass is 9.92. The number of esters is 1. The van der Waals surface area contributed by atoms with Gasteiger partial charge in [-0.1, -0.05) is 60.1 Å². The second-order valence-corrected chi connectivity index (χ2v) is 9.92. The number of alkyl halides is 3. The third kappa shape index (κ3) is 6.83. The van der Waals surface area contributed by atoms with E-state index < -0.39 is 17.7 Å². The number of fused-ring (bicyclic) bond motifs is 1. The molecular weight excluding hydrogens is 567 g/mol. The molecule has 0 saturated carbocycles. The Hall–Kier alpha value is -4.56. The molecule has 5 nitrogen and oxygen atoms in total. The van der Waals surface area contributed by atoms with Gasteiger partial charge in [-0.2, -0.15) is 13.2 Å². The van der Waals surface area contributed by atoms with E-state index in [9.17, 15) is 18.0 Å². The van der Waals surface area contributed by atoms with Crippen molar-refractivity contribution in [1.29, 1.82) is 0 Å². The van der Waals surface area contributed by atoms with Crippen LogP contribution >= 0.6 is 11.6 Å². The highest BCUT2D eigenvalue weighted by molar-refractivity contribution is 6.30. The fourth-order valence-corrected chi connectivity index (χ4v) is 4.71. The maximum atomic E-state index is 13.9. The Balaban J connectivity index is 1.46.